The summed E-state index contributed by atoms with van der Waals surface area (Å²) in [6, 6.07) is 16.6. The Hall–Kier alpha value is -4.70. The van der Waals surface area contributed by atoms with Crippen molar-refractivity contribution in [3.8, 4) is 23.1 Å². The van der Waals surface area contributed by atoms with Crippen LogP contribution in [0.15, 0.2) is 75.0 Å². The lowest BCUT2D eigenvalue weighted by Gasteiger charge is -2.14. The molecule has 0 radical (unpaired) electrons. The topological polar surface area (TPSA) is 122 Å². The molecule has 0 bridgehead atoms. The smallest absolute Gasteiger partial charge is 0.315 e. The third kappa shape index (κ3) is 4.69. The number of benzene rings is 3. The van der Waals surface area contributed by atoms with Gasteiger partial charge in [0.25, 0.3) is 5.56 Å². The zero-order valence-electron chi connectivity index (χ0n) is 20.5. The molecule has 38 heavy (non-hydrogen) atoms. The maximum Gasteiger partial charge on any atom is 0.315 e. The van der Waals surface area contributed by atoms with E-state index in [4.69, 9.17) is 25.5 Å². The van der Waals surface area contributed by atoms with Gasteiger partial charge in [0.15, 0.2) is 11.5 Å². The Kier molecular flexibility index (Phi) is 6.56. The van der Waals surface area contributed by atoms with Crippen molar-refractivity contribution >= 4 is 45.4 Å². The van der Waals surface area contributed by atoms with Crippen molar-refractivity contribution in [1.29, 1.82) is 0 Å². The number of hydrogen-bond donors (Lipinski definition) is 0. The fourth-order valence-corrected chi connectivity index (χ4v) is 4.14. The average Bonchev–Trinajstić information content (AvgIpc) is 3.31. The Bertz CT molecular complexity index is 1790. The third-order valence-corrected chi connectivity index (χ3v) is 5.84. The Morgan fingerprint density at radius 2 is 1.95 bits per heavy atom. The van der Waals surface area contributed by atoms with Gasteiger partial charge < -0.3 is 13.9 Å². The van der Waals surface area contributed by atoms with Crippen LogP contribution in [0.25, 0.3) is 33.5 Å². The lowest BCUT2D eigenvalue weighted by Crippen LogP contribution is -2.20. The van der Waals surface area contributed by atoms with Crippen LogP contribution in [-0.2, 0) is 0 Å². The summed E-state index contributed by atoms with van der Waals surface area (Å²) in [7, 11) is 1.39. The van der Waals surface area contributed by atoms with Crippen molar-refractivity contribution in [2.45, 2.75) is 20.0 Å². The molecule has 5 aromatic rings. The van der Waals surface area contributed by atoms with Crippen LogP contribution in [-0.4, -0.2) is 34.0 Å². The van der Waals surface area contributed by atoms with Crippen LogP contribution in [0.4, 0.5) is 5.69 Å². The molecule has 0 aliphatic carbocycles. The van der Waals surface area contributed by atoms with Crippen LogP contribution in [0.2, 0.25) is 5.02 Å². The molecule has 3 aromatic carbocycles. The minimum Gasteiger partial charge on any atom is -0.493 e. The molecule has 0 saturated heterocycles. The molecular formula is C27H21ClN4O6. The van der Waals surface area contributed by atoms with Gasteiger partial charge in [0.2, 0.25) is 11.6 Å². The highest BCUT2D eigenvalue weighted by Crippen LogP contribution is 2.38. The minimum atomic E-state index is -0.563. The van der Waals surface area contributed by atoms with E-state index in [1.165, 1.54) is 25.5 Å². The van der Waals surface area contributed by atoms with Crippen molar-refractivity contribution in [3.63, 3.8) is 0 Å². The predicted octanol–water partition coefficient (Wildman–Crippen LogP) is 6.05. The zero-order chi connectivity index (χ0) is 27.0. The summed E-state index contributed by atoms with van der Waals surface area (Å²) in [5.41, 5.74) is 0.597. The highest BCUT2D eigenvalue weighted by atomic mass is 35.5. The van der Waals surface area contributed by atoms with E-state index in [1.54, 1.807) is 62.4 Å². The predicted molar refractivity (Wildman–Crippen MR) is 145 cm³/mol. The first-order valence-corrected chi connectivity index (χ1v) is 11.9. The fraction of sp³-hybridized carbons (Fsp3) is 0.148. The summed E-state index contributed by atoms with van der Waals surface area (Å²) < 4.78 is 18.0. The van der Waals surface area contributed by atoms with Crippen LogP contribution in [0, 0.1) is 10.1 Å². The number of halogens is 1. The number of para-hydroxylation sites is 1. The summed E-state index contributed by atoms with van der Waals surface area (Å²) in [6.07, 6.45) is 1.00. The SMILES string of the molecule is COc1cc(C=Nn2c(-c3cc4cc(Cl)ccc4o3)nc3ccccc3c2=O)cc([N+](=O)[O-])c1OC(C)C. The Morgan fingerprint density at radius 3 is 2.68 bits per heavy atom. The lowest BCUT2D eigenvalue weighted by molar-refractivity contribution is -0.386. The van der Waals surface area contributed by atoms with Gasteiger partial charge in [-0.15, -0.1) is 0 Å². The second-order valence-corrected chi connectivity index (χ2v) is 9.04. The van der Waals surface area contributed by atoms with Crippen LogP contribution < -0.4 is 15.0 Å². The normalized spacial score (nSPS) is 11.6. The molecule has 5 rings (SSSR count). The highest BCUT2D eigenvalue weighted by molar-refractivity contribution is 6.31. The number of rotatable bonds is 7. The summed E-state index contributed by atoms with van der Waals surface area (Å²) in [5.74, 6) is 0.619. The second-order valence-electron chi connectivity index (χ2n) is 8.60. The lowest BCUT2D eigenvalue weighted by atomic mass is 10.2. The molecule has 0 spiro atoms. The van der Waals surface area contributed by atoms with Gasteiger partial charge in [-0.05, 0) is 56.3 Å². The van der Waals surface area contributed by atoms with Crippen molar-refractivity contribution in [3.05, 3.63) is 91.7 Å². The van der Waals surface area contributed by atoms with Crippen molar-refractivity contribution in [2.24, 2.45) is 5.10 Å². The molecule has 10 nitrogen and oxygen atoms in total. The number of methoxy groups -OCH3 is 1. The standard InChI is InChI=1S/C27H21ClN4O6/c1-15(2)37-25-21(32(34)35)10-16(11-23(25)36-3)14-29-31-26(30-20-7-5-4-6-19(20)27(31)33)24-13-17-12-18(28)8-9-22(17)38-24/h4-15H,1-3H3. The van der Waals surface area contributed by atoms with Crippen LogP contribution in [0.3, 0.4) is 0 Å². The number of fused-ring (bicyclic) bond motifs is 2. The first-order valence-electron chi connectivity index (χ1n) is 11.5. The van der Waals surface area contributed by atoms with Crippen molar-refractivity contribution in [2.75, 3.05) is 7.11 Å². The zero-order valence-corrected chi connectivity index (χ0v) is 21.3. The monoisotopic (exact) mass is 532 g/mol. The molecule has 0 aliphatic heterocycles. The summed E-state index contributed by atoms with van der Waals surface area (Å²) >= 11 is 6.12. The van der Waals surface area contributed by atoms with Crippen molar-refractivity contribution < 1.29 is 18.8 Å². The summed E-state index contributed by atoms with van der Waals surface area (Å²) in [6.45, 7) is 3.51. The van der Waals surface area contributed by atoms with E-state index in [0.717, 1.165) is 10.1 Å². The van der Waals surface area contributed by atoms with E-state index in [0.29, 0.717) is 32.8 Å². The van der Waals surface area contributed by atoms with Crippen molar-refractivity contribution in [1.82, 2.24) is 9.66 Å². The number of ether oxygens (including phenoxy) is 2. The molecule has 0 fully saturated rings. The quantitative estimate of drug-likeness (QED) is 0.142. The second kappa shape index (κ2) is 9.98. The van der Waals surface area contributed by atoms with Gasteiger partial charge in [-0.1, -0.05) is 23.7 Å². The Morgan fingerprint density at radius 1 is 1.16 bits per heavy atom. The fourth-order valence-electron chi connectivity index (χ4n) is 3.96. The molecule has 11 heteroatoms. The summed E-state index contributed by atoms with van der Waals surface area (Å²) in [4.78, 5) is 29.3. The van der Waals surface area contributed by atoms with E-state index in [-0.39, 0.29) is 29.1 Å². The van der Waals surface area contributed by atoms with E-state index in [9.17, 15) is 14.9 Å². The van der Waals surface area contributed by atoms with Gasteiger partial charge in [0.1, 0.15) is 5.58 Å². The molecule has 0 atom stereocenters. The van der Waals surface area contributed by atoms with Gasteiger partial charge in [-0.25, -0.2) is 4.98 Å². The van der Waals surface area contributed by atoms with Crippen LogP contribution in [0.1, 0.15) is 19.4 Å². The van der Waals surface area contributed by atoms with Gasteiger partial charge >= 0.3 is 5.69 Å². The van der Waals surface area contributed by atoms with Gasteiger partial charge in [-0.3, -0.25) is 14.9 Å². The van der Waals surface area contributed by atoms with Crippen LogP contribution >= 0.6 is 11.6 Å². The Labute approximate surface area is 220 Å². The van der Waals surface area contributed by atoms with E-state index in [2.05, 4.69) is 10.1 Å². The number of nitro groups is 1. The molecule has 2 heterocycles. The maximum atomic E-state index is 13.5. The van der Waals surface area contributed by atoms with E-state index < -0.39 is 10.5 Å². The third-order valence-electron chi connectivity index (χ3n) is 5.60. The number of nitro benzene ring substituents is 1. The number of hydrogen-bond acceptors (Lipinski definition) is 8. The molecule has 192 valence electrons. The number of furan rings is 1. The Balaban J connectivity index is 1.69. The molecule has 0 amide bonds. The molecule has 2 aromatic heterocycles. The molecular weight excluding hydrogens is 512 g/mol. The first kappa shape index (κ1) is 25.0. The maximum absolute atomic E-state index is 13.5. The average molecular weight is 533 g/mol. The molecule has 0 saturated carbocycles. The number of nitrogens with zero attached hydrogens (tertiary/aromatic N) is 4. The highest BCUT2D eigenvalue weighted by Gasteiger charge is 2.23. The van der Waals surface area contributed by atoms with E-state index in [1.807, 2.05) is 0 Å². The molecule has 0 unspecified atom stereocenters. The van der Waals surface area contributed by atoms with Gasteiger partial charge in [0.05, 0.1) is 35.3 Å². The number of aromatic nitrogens is 2. The summed E-state index contributed by atoms with van der Waals surface area (Å²) in [5, 5.41) is 17.8. The van der Waals surface area contributed by atoms with Gasteiger partial charge in [-0.2, -0.15) is 9.78 Å². The largest absolute Gasteiger partial charge is 0.493 e. The first-order chi connectivity index (χ1) is 18.2. The van der Waals surface area contributed by atoms with Crippen LogP contribution in [0.5, 0.6) is 11.5 Å². The van der Waals surface area contributed by atoms with E-state index >= 15 is 0 Å². The van der Waals surface area contributed by atoms with Gasteiger partial charge in [0, 0.05) is 22.0 Å². The molecule has 0 N–H and O–H groups in total. The molecule has 0 aliphatic rings. The minimum absolute atomic E-state index is 0.0100.